The zero-order valence-corrected chi connectivity index (χ0v) is 18.4. The first-order valence-corrected chi connectivity index (χ1v) is 11.2. The Hall–Kier alpha value is -3.21. The fourth-order valence-corrected chi connectivity index (χ4v) is 5.82. The molecule has 2 aliphatic heterocycles. The molecule has 0 radical (unpaired) electrons. The maximum absolute atomic E-state index is 4.75. The molecule has 5 heteroatoms. The molecule has 158 valence electrons. The minimum absolute atomic E-state index is 0.0362. The summed E-state index contributed by atoms with van der Waals surface area (Å²) < 4.78 is 0. The van der Waals surface area contributed by atoms with E-state index in [9.17, 15) is 0 Å². The predicted molar refractivity (Wildman–Crippen MR) is 126 cm³/mol. The van der Waals surface area contributed by atoms with Crippen molar-refractivity contribution in [2.75, 3.05) is 9.80 Å². The number of nitrogens with zero attached hydrogens (tertiary/aromatic N) is 5. The first-order chi connectivity index (χ1) is 15.2. The number of fused-ring (bicyclic) bond motifs is 5. The lowest BCUT2D eigenvalue weighted by atomic mass is 9.65. The zero-order valence-electron chi connectivity index (χ0n) is 18.4. The van der Waals surface area contributed by atoms with Crippen LogP contribution in [0.5, 0.6) is 0 Å². The molecule has 0 fully saturated rings. The number of allylic oxidation sites excluding steroid dienone is 1. The summed E-state index contributed by atoms with van der Waals surface area (Å²) in [6.45, 7) is 11.3. The van der Waals surface area contributed by atoms with Crippen LogP contribution in [-0.2, 0) is 0 Å². The van der Waals surface area contributed by atoms with Gasteiger partial charge in [-0.05, 0) is 48.4 Å². The van der Waals surface area contributed by atoms with Crippen LogP contribution in [0.2, 0.25) is 0 Å². The van der Waals surface area contributed by atoms with Crippen LogP contribution in [0.1, 0.15) is 45.1 Å². The van der Waals surface area contributed by atoms with Gasteiger partial charge in [-0.3, -0.25) is 4.98 Å². The van der Waals surface area contributed by atoms with Crippen molar-refractivity contribution in [1.29, 1.82) is 0 Å². The highest BCUT2D eigenvalue weighted by molar-refractivity contribution is 5.87. The topological polar surface area (TPSA) is 45.2 Å². The third-order valence-corrected chi connectivity index (χ3v) is 7.41. The molecular formula is C26H29N5. The Labute approximate surface area is 184 Å². The van der Waals surface area contributed by atoms with E-state index in [0.717, 1.165) is 30.0 Å². The van der Waals surface area contributed by atoms with Crippen molar-refractivity contribution in [1.82, 2.24) is 15.0 Å². The van der Waals surface area contributed by atoms with Gasteiger partial charge in [0, 0.05) is 17.3 Å². The summed E-state index contributed by atoms with van der Waals surface area (Å²) in [5.74, 6) is 1.63. The van der Waals surface area contributed by atoms with Gasteiger partial charge in [-0.1, -0.05) is 45.0 Å². The molecule has 2 aliphatic rings. The van der Waals surface area contributed by atoms with Crippen LogP contribution >= 0.6 is 0 Å². The summed E-state index contributed by atoms with van der Waals surface area (Å²) in [4.78, 5) is 18.4. The molecule has 2 aromatic heterocycles. The van der Waals surface area contributed by atoms with E-state index in [1.165, 1.54) is 11.3 Å². The number of hydrogen-bond donors (Lipinski definition) is 0. The Morgan fingerprint density at radius 3 is 2.58 bits per heavy atom. The summed E-state index contributed by atoms with van der Waals surface area (Å²) in [7, 11) is 0. The normalized spacial score (nSPS) is 26.6. The lowest BCUT2D eigenvalue weighted by molar-refractivity contribution is 0.153. The van der Waals surface area contributed by atoms with Crippen LogP contribution in [0.3, 0.4) is 0 Å². The highest BCUT2D eigenvalue weighted by atomic mass is 15.5. The standard InChI is InChI=1S/C26H29N5/c1-5-19-20-12-8-9-13-22(20)31-23-16-28-17-29-24(23)30(18-11-10-14-27-15-18)25(31)26(4,7-3)21(19)6-2/h6,8-17,19,21,25H,2,5,7H2,1,3-4H3. The molecule has 4 unspecified atom stereocenters. The molecule has 0 N–H and O–H groups in total. The second kappa shape index (κ2) is 7.49. The first kappa shape index (κ1) is 19.7. The SMILES string of the molecule is C=CC1C(CC)c2ccccc2N2c3cncnc3N(c3cccnc3)C2C1(C)CC. The highest BCUT2D eigenvalue weighted by Gasteiger charge is 2.55. The lowest BCUT2D eigenvalue weighted by Gasteiger charge is -2.47. The smallest absolute Gasteiger partial charge is 0.162 e. The Kier molecular flexibility index (Phi) is 4.77. The van der Waals surface area contributed by atoms with Crippen molar-refractivity contribution in [3.05, 3.63) is 79.5 Å². The van der Waals surface area contributed by atoms with E-state index in [-0.39, 0.29) is 11.6 Å². The molecule has 5 nitrogen and oxygen atoms in total. The lowest BCUT2D eigenvalue weighted by Crippen LogP contribution is -2.52. The molecule has 4 atom stereocenters. The van der Waals surface area contributed by atoms with Gasteiger partial charge >= 0.3 is 0 Å². The molecule has 31 heavy (non-hydrogen) atoms. The summed E-state index contributed by atoms with van der Waals surface area (Å²) in [5.41, 5.74) is 4.62. The van der Waals surface area contributed by atoms with Crippen molar-refractivity contribution < 1.29 is 0 Å². The number of rotatable bonds is 4. The van der Waals surface area contributed by atoms with Crippen LogP contribution in [0.15, 0.2) is 74.0 Å². The monoisotopic (exact) mass is 411 g/mol. The molecule has 0 bridgehead atoms. The van der Waals surface area contributed by atoms with Crippen molar-refractivity contribution in [2.45, 2.75) is 45.7 Å². The molecule has 0 amide bonds. The maximum atomic E-state index is 4.75. The Morgan fingerprint density at radius 1 is 1.03 bits per heavy atom. The maximum Gasteiger partial charge on any atom is 0.162 e. The van der Waals surface area contributed by atoms with E-state index in [4.69, 9.17) is 4.98 Å². The summed E-state index contributed by atoms with van der Waals surface area (Å²) in [6, 6.07) is 12.9. The Morgan fingerprint density at radius 2 is 1.87 bits per heavy atom. The van der Waals surface area contributed by atoms with Crippen LogP contribution in [-0.4, -0.2) is 21.1 Å². The second-order valence-electron chi connectivity index (χ2n) is 8.75. The van der Waals surface area contributed by atoms with E-state index in [0.29, 0.717) is 11.8 Å². The largest absolute Gasteiger partial charge is 0.315 e. The molecule has 0 spiro atoms. The van der Waals surface area contributed by atoms with Gasteiger partial charge in [-0.15, -0.1) is 6.58 Å². The zero-order chi connectivity index (χ0) is 21.6. The minimum Gasteiger partial charge on any atom is -0.315 e. The number of pyridine rings is 1. The fourth-order valence-electron chi connectivity index (χ4n) is 5.82. The average Bonchev–Trinajstić information content (AvgIpc) is 3.14. The van der Waals surface area contributed by atoms with Gasteiger partial charge < -0.3 is 9.80 Å². The van der Waals surface area contributed by atoms with Crippen molar-refractivity contribution in [3.63, 3.8) is 0 Å². The fraction of sp³-hybridized carbons (Fsp3) is 0.346. The Bertz CT molecular complexity index is 1100. The van der Waals surface area contributed by atoms with Gasteiger partial charge in [0.05, 0.1) is 18.1 Å². The van der Waals surface area contributed by atoms with Crippen molar-refractivity contribution in [2.24, 2.45) is 11.3 Å². The van der Waals surface area contributed by atoms with Crippen LogP contribution < -0.4 is 9.80 Å². The molecule has 5 rings (SSSR count). The van der Waals surface area contributed by atoms with Gasteiger partial charge in [-0.25, -0.2) is 9.97 Å². The van der Waals surface area contributed by atoms with Crippen LogP contribution in [0, 0.1) is 11.3 Å². The average molecular weight is 412 g/mol. The van der Waals surface area contributed by atoms with Gasteiger partial charge in [0.15, 0.2) is 5.82 Å². The number of anilines is 4. The van der Waals surface area contributed by atoms with Gasteiger partial charge in [0.1, 0.15) is 18.2 Å². The third kappa shape index (κ3) is 2.72. The van der Waals surface area contributed by atoms with Crippen molar-refractivity contribution in [3.8, 4) is 0 Å². The van der Waals surface area contributed by atoms with E-state index in [2.05, 4.69) is 83.5 Å². The van der Waals surface area contributed by atoms with Crippen molar-refractivity contribution >= 4 is 22.9 Å². The summed E-state index contributed by atoms with van der Waals surface area (Å²) in [5, 5.41) is 0. The minimum atomic E-state index is -0.0853. The number of hydrogen-bond acceptors (Lipinski definition) is 5. The van der Waals surface area contributed by atoms with Gasteiger partial charge in [-0.2, -0.15) is 0 Å². The molecule has 0 saturated carbocycles. The van der Waals surface area contributed by atoms with E-state index < -0.39 is 0 Å². The molecular weight excluding hydrogens is 382 g/mol. The van der Waals surface area contributed by atoms with Gasteiger partial charge in [0.2, 0.25) is 0 Å². The van der Waals surface area contributed by atoms with Crippen LogP contribution in [0.25, 0.3) is 0 Å². The van der Waals surface area contributed by atoms with E-state index in [1.807, 2.05) is 24.7 Å². The van der Waals surface area contributed by atoms with Gasteiger partial charge in [0.25, 0.3) is 0 Å². The highest BCUT2D eigenvalue weighted by Crippen LogP contribution is 2.60. The number of para-hydroxylation sites is 1. The first-order valence-electron chi connectivity index (χ1n) is 11.2. The molecule has 0 saturated heterocycles. The summed E-state index contributed by atoms with van der Waals surface area (Å²) >= 11 is 0. The number of aromatic nitrogens is 3. The second-order valence-corrected chi connectivity index (χ2v) is 8.75. The molecule has 1 aromatic carbocycles. The quantitative estimate of drug-likeness (QED) is 0.477. The number of benzene rings is 1. The summed E-state index contributed by atoms with van der Waals surface area (Å²) in [6.07, 6.45) is 11.6. The van der Waals surface area contributed by atoms with E-state index in [1.54, 1.807) is 6.33 Å². The van der Waals surface area contributed by atoms with Crippen LogP contribution in [0.4, 0.5) is 22.9 Å². The molecule has 0 aliphatic carbocycles. The Balaban J connectivity index is 1.86. The molecule has 3 aromatic rings. The van der Waals surface area contributed by atoms with E-state index >= 15 is 0 Å². The molecule has 4 heterocycles. The predicted octanol–water partition coefficient (Wildman–Crippen LogP) is 6.21. The third-order valence-electron chi connectivity index (χ3n) is 7.41.